The largest absolute Gasteiger partial charge is 0.472 e. The molecule has 0 rings (SSSR count). The summed E-state index contributed by atoms with van der Waals surface area (Å²) in [6.07, 6.45) is 36.7. The lowest BCUT2D eigenvalue weighted by molar-refractivity contribution is -0.161. The highest BCUT2D eigenvalue weighted by Crippen LogP contribution is 2.43. The minimum atomic E-state index is -4.62. The maximum atomic E-state index is 12.8. The Bertz CT molecular complexity index is 1090. The van der Waals surface area contributed by atoms with Crippen molar-refractivity contribution in [1.82, 2.24) is 5.32 Å². The SMILES string of the molecule is CCCCCCCCCCCCCCCCCC(=O)OCC(COP(=O)(O)OCCNC(=O)OC(CC)(CC)CCO)OC(=O)CCCCCCCCCCCCCCCCC. The van der Waals surface area contributed by atoms with E-state index in [4.69, 9.17) is 23.3 Å². The zero-order valence-electron chi connectivity index (χ0n) is 40.4. The van der Waals surface area contributed by atoms with E-state index in [1.54, 1.807) is 0 Å². The van der Waals surface area contributed by atoms with Gasteiger partial charge < -0.3 is 29.5 Å². The molecule has 0 aliphatic carbocycles. The summed E-state index contributed by atoms with van der Waals surface area (Å²) < 4.78 is 39.4. The first kappa shape index (κ1) is 60.3. The number of alkyl carbamates (subject to hydrolysis) is 1. The van der Waals surface area contributed by atoms with Gasteiger partial charge in [-0.15, -0.1) is 0 Å². The Labute approximate surface area is 379 Å². The number of nitrogens with one attached hydrogen (secondary N) is 1. The molecule has 0 saturated heterocycles. The Morgan fingerprint density at radius 1 is 0.548 bits per heavy atom. The summed E-state index contributed by atoms with van der Waals surface area (Å²) >= 11 is 0. The Morgan fingerprint density at radius 2 is 0.935 bits per heavy atom. The molecule has 3 N–H and O–H groups in total. The molecule has 0 aromatic rings. The molecule has 1 amide bonds. The number of amides is 1. The van der Waals surface area contributed by atoms with Gasteiger partial charge in [-0.05, 0) is 25.7 Å². The van der Waals surface area contributed by atoms with Crippen molar-refractivity contribution in [3.8, 4) is 0 Å². The first-order valence-corrected chi connectivity index (χ1v) is 27.1. The summed E-state index contributed by atoms with van der Waals surface area (Å²) in [6, 6.07) is 0. The van der Waals surface area contributed by atoms with Crippen molar-refractivity contribution in [3.05, 3.63) is 0 Å². The molecule has 62 heavy (non-hydrogen) atoms. The van der Waals surface area contributed by atoms with Crippen molar-refractivity contribution in [2.45, 2.75) is 264 Å². The quantitative estimate of drug-likeness (QED) is 0.0230. The van der Waals surface area contributed by atoms with Crippen LogP contribution in [0.2, 0.25) is 0 Å². The third kappa shape index (κ3) is 38.7. The van der Waals surface area contributed by atoms with Gasteiger partial charge in [0.05, 0.1) is 13.2 Å². The molecule has 0 aliphatic heterocycles. The molecular weight excluding hydrogens is 810 g/mol. The van der Waals surface area contributed by atoms with Gasteiger partial charge in [-0.25, -0.2) is 9.36 Å². The molecule has 13 heteroatoms. The van der Waals surface area contributed by atoms with Crippen LogP contribution < -0.4 is 5.32 Å². The molecule has 0 aromatic carbocycles. The second kappa shape index (κ2) is 43.2. The number of ether oxygens (including phenoxy) is 3. The van der Waals surface area contributed by atoms with Crippen LogP contribution in [-0.2, 0) is 37.4 Å². The van der Waals surface area contributed by atoms with E-state index in [-0.39, 0.29) is 39.2 Å². The van der Waals surface area contributed by atoms with Crippen molar-refractivity contribution in [2.24, 2.45) is 0 Å². The molecule has 0 fully saturated rings. The molecule has 0 spiro atoms. The maximum Gasteiger partial charge on any atom is 0.472 e. The Morgan fingerprint density at radius 3 is 1.32 bits per heavy atom. The molecule has 0 heterocycles. The molecular formula is C49H96NO11P. The summed E-state index contributed by atoms with van der Waals surface area (Å²) in [5, 5.41) is 11.8. The van der Waals surface area contributed by atoms with Crippen molar-refractivity contribution in [2.75, 3.05) is 33.0 Å². The van der Waals surface area contributed by atoms with Gasteiger partial charge in [0.25, 0.3) is 0 Å². The van der Waals surface area contributed by atoms with Gasteiger partial charge in [-0.2, -0.15) is 0 Å². The molecule has 0 radical (unpaired) electrons. The van der Waals surface area contributed by atoms with Crippen LogP contribution >= 0.6 is 7.82 Å². The van der Waals surface area contributed by atoms with Crippen LogP contribution in [0.5, 0.6) is 0 Å². The highest BCUT2D eigenvalue weighted by Gasteiger charge is 2.30. The molecule has 2 atom stereocenters. The van der Waals surface area contributed by atoms with Crippen molar-refractivity contribution < 1.29 is 52.2 Å². The lowest BCUT2D eigenvalue weighted by atomic mass is 9.93. The second-order valence-electron chi connectivity index (χ2n) is 17.5. The van der Waals surface area contributed by atoms with Gasteiger partial charge in [0.1, 0.15) is 12.2 Å². The minimum absolute atomic E-state index is 0.127. The number of rotatable bonds is 47. The molecule has 368 valence electrons. The first-order valence-electron chi connectivity index (χ1n) is 25.6. The van der Waals surface area contributed by atoms with Gasteiger partial charge >= 0.3 is 25.9 Å². The number of phosphoric ester groups is 1. The lowest BCUT2D eigenvalue weighted by Crippen LogP contribution is -2.40. The fraction of sp³-hybridized carbons (Fsp3) is 0.939. The first-order chi connectivity index (χ1) is 30.1. The number of esters is 2. The molecule has 0 aromatic heterocycles. The van der Waals surface area contributed by atoms with E-state index in [1.807, 2.05) is 13.8 Å². The third-order valence-corrected chi connectivity index (χ3v) is 12.9. The average molecular weight is 906 g/mol. The predicted molar refractivity (Wildman–Crippen MR) is 251 cm³/mol. The van der Waals surface area contributed by atoms with E-state index in [0.717, 1.165) is 38.5 Å². The standard InChI is InChI=1S/C49H96NO11P/c1-5-9-11-13-15-17-19-21-23-25-27-29-31-33-35-37-46(52)57-43-45(44-59-62(55,56)58-42-40-50-48(54)61-49(7-3,8-4)39-41-51)60-47(53)38-36-34-32-30-28-26-24-22-20-18-16-14-12-10-6-2/h45,51H,5-44H2,1-4H3,(H,50,54)(H,55,56). The Kier molecular flexibility index (Phi) is 42.0. The Balaban J connectivity index is 4.62. The van der Waals surface area contributed by atoms with Gasteiger partial charge in [-0.3, -0.25) is 18.6 Å². The van der Waals surface area contributed by atoms with Crippen LogP contribution in [0.15, 0.2) is 0 Å². The van der Waals surface area contributed by atoms with Gasteiger partial charge in [0, 0.05) is 32.4 Å². The number of hydrogen-bond acceptors (Lipinski definition) is 10. The average Bonchev–Trinajstić information content (AvgIpc) is 3.25. The number of carbonyl (C=O) groups excluding carboxylic acids is 3. The summed E-state index contributed by atoms with van der Waals surface area (Å²) in [7, 11) is -4.62. The fourth-order valence-electron chi connectivity index (χ4n) is 7.66. The smallest absolute Gasteiger partial charge is 0.462 e. The number of aliphatic hydroxyl groups is 1. The molecule has 0 aliphatic rings. The van der Waals surface area contributed by atoms with Crippen LogP contribution in [-0.4, -0.2) is 72.7 Å². The van der Waals surface area contributed by atoms with Crippen LogP contribution in [0.1, 0.15) is 252 Å². The van der Waals surface area contributed by atoms with Crippen LogP contribution in [0, 0.1) is 0 Å². The van der Waals surface area contributed by atoms with E-state index in [0.29, 0.717) is 32.1 Å². The fourth-order valence-corrected chi connectivity index (χ4v) is 8.42. The molecule has 12 nitrogen and oxygen atoms in total. The summed E-state index contributed by atoms with van der Waals surface area (Å²) in [4.78, 5) is 48.0. The topological polar surface area (TPSA) is 167 Å². The Hall–Kier alpha value is -1.72. The minimum Gasteiger partial charge on any atom is -0.462 e. The van der Waals surface area contributed by atoms with Crippen molar-refractivity contribution >= 4 is 25.9 Å². The zero-order valence-corrected chi connectivity index (χ0v) is 41.3. The predicted octanol–water partition coefficient (Wildman–Crippen LogP) is 13.8. The molecule has 0 saturated carbocycles. The van der Waals surface area contributed by atoms with E-state index >= 15 is 0 Å². The monoisotopic (exact) mass is 906 g/mol. The number of phosphoric acid groups is 1. The van der Waals surface area contributed by atoms with Crippen LogP contribution in [0.4, 0.5) is 4.79 Å². The summed E-state index contributed by atoms with van der Waals surface area (Å²) in [5.41, 5.74) is -0.802. The van der Waals surface area contributed by atoms with Gasteiger partial charge in [0.2, 0.25) is 0 Å². The van der Waals surface area contributed by atoms with Gasteiger partial charge in [-0.1, -0.05) is 207 Å². The second-order valence-corrected chi connectivity index (χ2v) is 18.9. The van der Waals surface area contributed by atoms with Crippen molar-refractivity contribution in [1.29, 1.82) is 0 Å². The highest BCUT2D eigenvalue weighted by molar-refractivity contribution is 7.47. The van der Waals surface area contributed by atoms with E-state index in [9.17, 15) is 28.9 Å². The van der Waals surface area contributed by atoms with Crippen LogP contribution in [0.3, 0.4) is 0 Å². The van der Waals surface area contributed by atoms with Gasteiger partial charge in [0.15, 0.2) is 6.10 Å². The maximum absolute atomic E-state index is 12.8. The normalized spacial score (nSPS) is 13.1. The van der Waals surface area contributed by atoms with Crippen LogP contribution in [0.25, 0.3) is 0 Å². The summed E-state index contributed by atoms with van der Waals surface area (Å²) in [5.74, 6) is -0.904. The molecule has 0 bridgehead atoms. The van der Waals surface area contributed by atoms with E-state index in [2.05, 4.69) is 19.2 Å². The third-order valence-electron chi connectivity index (χ3n) is 11.9. The number of aliphatic hydroxyl groups excluding tert-OH is 1. The zero-order chi connectivity index (χ0) is 45.8. The molecule has 2 unspecified atom stereocenters. The highest BCUT2D eigenvalue weighted by atomic mass is 31.2. The van der Waals surface area contributed by atoms with Crippen molar-refractivity contribution in [3.63, 3.8) is 0 Å². The summed E-state index contributed by atoms with van der Waals surface area (Å²) in [6.45, 7) is 6.79. The van der Waals surface area contributed by atoms with E-state index in [1.165, 1.54) is 141 Å². The van der Waals surface area contributed by atoms with E-state index < -0.39 is 44.2 Å². The number of carbonyl (C=O) groups is 3. The number of unbranched alkanes of at least 4 members (excludes halogenated alkanes) is 28. The number of hydrogen-bond donors (Lipinski definition) is 3. The lowest BCUT2D eigenvalue weighted by Gasteiger charge is -2.30.